The summed E-state index contributed by atoms with van der Waals surface area (Å²) < 4.78 is 11.2. The van der Waals surface area contributed by atoms with E-state index in [1.54, 1.807) is 13.8 Å². The fourth-order valence-corrected chi connectivity index (χ4v) is 9.74. The smallest absolute Gasteiger partial charge is 0.329 e. The van der Waals surface area contributed by atoms with E-state index in [-0.39, 0.29) is 44.7 Å². The van der Waals surface area contributed by atoms with E-state index in [9.17, 15) is 67.4 Å². The van der Waals surface area contributed by atoms with Crippen molar-refractivity contribution < 1.29 is 76.9 Å². The molecule has 0 spiro atoms. The number of amides is 10. The number of aliphatic hydroxyl groups excluding tert-OH is 1. The quantitative estimate of drug-likeness (QED) is 0.0458. The van der Waals surface area contributed by atoms with Crippen LogP contribution in [-0.2, 0) is 71.8 Å². The number of Topliss-reactive ketones (excluding diaryl/α,β-unsaturated/α-hetero) is 2. The van der Waals surface area contributed by atoms with Gasteiger partial charge in [-0.3, -0.25) is 57.5 Å². The number of piperidine rings is 1. The zero-order valence-corrected chi connectivity index (χ0v) is 46.9. The number of likely N-dealkylation sites (N-methyl/N-ethyl adjacent to an activating group) is 2. The molecule has 0 aromatic heterocycles. The number of nitrogens with two attached hydrogens (primary N) is 5. The molecule has 15 unspecified atom stereocenters. The van der Waals surface area contributed by atoms with Crippen LogP contribution in [0, 0.1) is 29.6 Å². The molecule has 28 nitrogen and oxygen atoms in total. The zero-order valence-electron chi connectivity index (χ0n) is 46.9. The number of rotatable bonds is 22. The Balaban J connectivity index is 3.04. The molecule has 79 heavy (non-hydrogen) atoms. The maximum atomic E-state index is 14.7. The highest BCUT2D eigenvalue weighted by Crippen LogP contribution is 2.27. The first-order chi connectivity index (χ1) is 37.0. The molecule has 2 fully saturated rings. The topological polar surface area (TPSA) is 457 Å². The van der Waals surface area contributed by atoms with Crippen LogP contribution in [0.25, 0.3) is 0 Å². The maximum Gasteiger partial charge on any atom is 0.329 e. The van der Waals surface area contributed by atoms with Gasteiger partial charge < -0.3 is 79.6 Å². The van der Waals surface area contributed by atoms with E-state index in [2.05, 4.69) is 26.6 Å². The first-order valence-electron chi connectivity index (χ1n) is 26.8. The molecule has 0 bridgehead atoms. The van der Waals surface area contributed by atoms with Gasteiger partial charge >= 0.3 is 5.97 Å². The van der Waals surface area contributed by atoms with Crippen molar-refractivity contribution in [2.75, 3.05) is 34.3 Å². The number of ether oxygens (including phenoxy) is 2. The molecule has 446 valence electrons. The highest BCUT2D eigenvalue weighted by Gasteiger charge is 2.45. The van der Waals surface area contributed by atoms with E-state index in [4.69, 9.17) is 38.1 Å². The summed E-state index contributed by atoms with van der Waals surface area (Å²) >= 11 is 0. The van der Waals surface area contributed by atoms with Crippen LogP contribution in [0.1, 0.15) is 119 Å². The van der Waals surface area contributed by atoms with Crippen molar-refractivity contribution in [2.24, 2.45) is 58.3 Å². The predicted molar refractivity (Wildman–Crippen MR) is 282 cm³/mol. The van der Waals surface area contributed by atoms with Gasteiger partial charge in [0.1, 0.15) is 42.4 Å². The molecular formula is C51H86N12O16. The lowest BCUT2D eigenvalue weighted by Crippen LogP contribution is -2.60. The standard InChI is InChI=1S/C51H86N12O16/c1-10-24(2)20-32-49(75)62(8)34(16-17-38(53)67)36(65)22-30(42(78-9)44(56)70)46(72)59-33(23-39(54)68)50(76)63-19-12-11-15-35(63)51(77)79-28(6)29(21-37(66)40(57-7)25(3)26(4)43(55)69)45(71)61-41(27(5)64)48(74)58-31(14-13-18-52)47(73)60-32/h24-35,40-42,57,64H,10-23,52H2,1-9H3,(H2,53,67)(H2,54,68)(H2,55,69)(H2,56,70)(H,58,74)(H,59,72)(H,60,73)(H,61,71). The van der Waals surface area contributed by atoms with E-state index in [0.29, 0.717) is 19.3 Å². The van der Waals surface area contributed by atoms with E-state index >= 15 is 0 Å². The largest absolute Gasteiger partial charge is 0.460 e. The van der Waals surface area contributed by atoms with Gasteiger partial charge in [0.25, 0.3) is 0 Å². The molecule has 28 heteroatoms. The van der Waals surface area contributed by atoms with Gasteiger partial charge in [-0.15, -0.1) is 0 Å². The Morgan fingerprint density at radius 3 is 1.95 bits per heavy atom. The van der Waals surface area contributed by atoms with Gasteiger partial charge in [0.15, 0.2) is 11.6 Å². The summed E-state index contributed by atoms with van der Waals surface area (Å²) in [6.45, 7) is 8.95. The lowest BCUT2D eigenvalue weighted by molar-refractivity contribution is -0.165. The highest BCUT2D eigenvalue weighted by atomic mass is 16.5. The van der Waals surface area contributed by atoms with Gasteiger partial charge in [-0.2, -0.15) is 0 Å². The highest BCUT2D eigenvalue weighted by molar-refractivity contribution is 6.00. The first-order valence-corrected chi connectivity index (χ1v) is 26.8. The second-order valence-corrected chi connectivity index (χ2v) is 20.8. The number of nitrogens with zero attached hydrogens (tertiary/aromatic N) is 2. The lowest BCUT2D eigenvalue weighted by atomic mass is 9.82. The molecule has 2 aliphatic rings. The van der Waals surface area contributed by atoms with Crippen molar-refractivity contribution in [1.29, 1.82) is 0 Å². The van der Waals surface area contributed by atoms with E-state index in [1.807, 2.05) is 6.92 Å². The molecule has 0 aromatic carbocycles. The van der Waals surface area contributed by atoms with Gasteiger partial charge in [0.2, 0.25) is 59.1 Å². The van der Waals surface area contributed by atoms with Gasteiger partial charge in [-0.25, -0.2) is 4.79 Å². The third kappa shape index (κ3) is 19.9. The van der Waals surface area contributed by atoms with Gasteiger partial charge in [-0.05, 0) is 84.2 Å². The van der Waals surface area contributed by atoms with Crippen LogP contribution >= 0.6 is 0 Å². The Labute approximate surface area is 460 Å². The summed E-state index contributed by atoms with van der Waals surface area (Å²) in [7, 11) is 3.63. The molecular weight excluding hydrogens is 1040 g/mol. The molecule has 0 aliphatic carbocycles. The second-order valence-electron chi connectivity index (χ2n) is 20.8. The van der Waals surface area contributed by atoms with Crippen molar-refractivity contribution in [3.05, 3.63) is 0 Å². The number of cyclic esters (lactones) is 1. The third-order valence-electron chi connectivity index (χ3n) is 15.0. The van der Waals surface area contributed by atoms with E-state index in [0.717, 1.165) is 23.8 Å². The zero-order chi connectivity index (χ0) is 60.2. The molecule has 16 N–H and O–H groups in total. The number of hydrogen-bond donors (Lipinski definition) is 11. The van der Waals surface area contributed by atoms with Crippen LogP contribution in [0.3, 0.4) is 0 Å². The summed E-state index contributed by atoms with van der Waals surface area (Å²) in [5, 5.41) is 23.9. The van der Waals surface area contributed by atoms with Gasteiger partial charge in [-0.1, -0.05) is 34.1 Å². The normalized spacial score (nSPS) is 27.2. The molecule has 2 rings (SSSR count). The van der Waals surface area contributed by atoms with Crippen molar-refractivity contribution in [2.45, 2.75) is 179 Å². The first kappa shape index (κ1) is 68.5. The fraction of sp³-hybridized carbons (Fsp3) is 0.745. The van der Waals surface area contributed by atoms with Crippen LogP contribution in [0.4, 0.5) is 0 Å². The second kappa shape index (κ2) is 32.4. The number of primary amides is 4. The van der Waals surface area contributed by atoms with Crippen molar-refractivity contribution in [1.82, 2.24) is 36.4 Å². The van der Waals surface area contributed by atoms with Crippen LogP contribution < -0.4 is 55.3 Å². The number of carbonyl (C=O) groups excluding carboxylic acids is 13. The Morgan fingerprint density at radius 1 is 0.797 bits per heavy atom. The van der Waals surface area contributed by atoms with Gasteiger partial charge in [0.05, 0.1) is 36.4 Å². The maximum absolute atomic E-state index is 14.7. The van der Waals surface area contributed by atoms with E-state index in [1.165, 1.54) is 27.9 Å². The fourth-order valence-electron chi connectivity index (χ4n) is 9.74. The number of nitrogens with one attached hydrogen (secondary N) is 5. The summed E-state index contributed by atoms with van der Waals surface area (Å²) in [6.07, 6.45) is -7.60. The van der Waals surface area contributed by atoms with E-state index < -0.39 is 193 Å². The average molecular weight is 1120 g/mol. The minimum atomic E-state index is -1.89. The van der Waals surface area contributed by atoms with Crippen molar-refractivity contribution in [3.63, 3.8) is 0 Å². The molecule has 0 radical (unpaired) electrons. The molecule has 0 aromatic rings. The minimum absolute atomic E-state index is 0.0197. The molecule has 2 heterocycles. The Hall–Kier alpha value is -6.65. The number of fused-ring (bicyclic) bond motifs is 1. The number of methoxy groups -OCH3 is 1. The molecule has 2 saturated heterocycles. The SMILES string of the molecule is CCC(C)CC1NC(=O)C(CCCN)NC(=O)C(C(C)O)NC(=O)C(CC(=O)C(NC)C(C)C(C)C(N)=O)C(C)OC(=O)C2CCCCN2C(=O)C(CC(N)=O)NC(=O)C(C(OC)C(N)=O)CC(=O)C(CCC(N)=O)N(C)C1=O. The van der Waals surface area contributed by atoms with Gasteiger partial charge in [0, 0.05) is 45.9 Å². The summed E-state index contributed by atoms with van der Waals surface area (Å²) in [4.78, 5) is 182. The summed E-state index contributed by atoms with van der Waals surface area (Å²) in [5.74, 6) is -18.4. The van der Waals surface area contributed by atoms with Crippen LogP contribution in [0.2, 0.25) is 0 Å². The number of carbonyl (C=O) groups is 13. The lowest BCUT2D eigenvalue weighted by Gasteiger charge is -2.37. The number of hydrogen-bond acceptors (Lipinski definition) is 18. The predicted octanol–water partition coefficient (Wildman–Crippen LogP) is -4.23. The Morgan fingerprint density at radius 2 is 1.42 bits per heavy atom. The molecule has 0 saturated carbocycles. The van der Waals surface area contributed by atoms with Crippen molar-refractivity contribution in [3.8, 4) is 0 Å². The number of esters is 1. The number of aliphatic hydroxyl groups is 1. The van der Waals surface area contributed by atoms with Crippen LogP contribution in [-0.4, -0.2) is 186 Å². The Bertz CT molecular complexity index is 2220. The molecule has 10 amide bonds. The monoisotopic (exact) mass is 1120 g/mol. The minimum Gasteiger partial charge on any atom is -0.460 e. The van der Waals surface area contributed by atoms with Crippen LogP contribution in [0.15, 0.2) is 0 Å². The average Bonchev–Trinajstić information content (AvgIpc) is 3.38. The molecule has 2 aliphatic heterocycles. The Kier molecular flexibility index (Phi) is 28.1. The van der Waals surface area contributed by atoms with Crippen LogP contribution in [0.5, 0.6) is 0 Å². The summed E-state index contributed by atoms with van der Waals surface area (Å²) in [6, 6.07) is -10.8. The summed E-state index contributed by atoms with van der Waals surface area (Å²) in [5.41, 5.74) is 28.1. The molecule has 15 atom stereocenters. The third-order valence-corrected chi connectivity index (χ3v) is 15.0. The number of ketones is 2. The van der Waals surface area contributed by atoms with Crippen molar-refractivity contribution >= 4 is 76.6 Å².